The maximum absolute atomic E-state index is 11.3. The molecule has 0 spiro atoms. The minimum absolute atomic E-state index is 0.157. The van der Waals surface area contributed by atoms with E-state index in [2.05, 4.69) is 15.0 Å². The number of carbonyl (C=O) groups is 1. The molecule has 16 heavy (non-hydrogen) atoms. The molecule has 0 unspecified atom stereocenters. The van der Waals surface area contributed by atoms with Crippen LogP contribution in [0, 0.1) is 0 Å². The second kappa shape index (κ2) is 4.01. The van der Waals surface area contributed by atoms with Gasteiger partial charge in [0.2, 0.25) is 5.71 Å². The fourth-order valence-corrected chi connectivity index (χ4v) is 1.34. The number of hydrogen-bond donors (Lipinski definition) is 1. The third kappa shape index (κ3) is 1.50. The summed E-state index contributed by atoms with van der Waals surface area (Å²) in [5, 5.41) is 15.9. The van der Waals surface area contributed by atoms with Crippen LogP contribution in [0.25, 0.3) is 11.0 Å². The van der Waals surface area contributed by atoms with Crippen molar-refractivity contribution >= 4 is 22.7 Å². The van der Waals surface area contributed by atoms with E-state index in [9.17, 15) is 4.79 Å². The zero-order valence-electron chi connectivity index (χ0n) is 8.38. The number of nitrogens with zero attached hydrogens (tertiary/aromatic N) is 2. The van der Waals surface area contributed by atoms with E-state index in [1.807, 2.05) is 0 Å². The van der Waals surface area contributed by atoms with E-state index in [1.165, 1.54) is 7.11 Å². The summed E-state index contributed by atoms with van der Waals surface area (Å²) < 4.78 is 9.44. The lowest BCUT2D eigenvalue weighted by Gasteiger charge is -1.97. The maximum Gasteiger partial charge on any atom is 0.362 e. The molecule has 6 nitrogen and oxygen atoms in total. The van der Waals surface area contributed by atoms with Crippen molar-refractivity contribution < 1.29 is 19.3 Å². The van der Waals surface area contributed by atoms with Crippen molar-refractivity contribution in [2.75, 3.05) is 7.11 Å². The topological polar surface area (TPSA) is 84.9 Å². The minimum atomic E-state index is -0.776. The van der Waals surface area contributed by atoms with Gasteiger partial charge in [0, 0.05) is 0 Å². The van der Waals surface area contributed by atoms with Gasteiger partial charge in [-0.15, -0.1) is 0 Å². The van der Waals surface area contributed by atoms with Gasteiger partial charge in [-0.05, 0) is 12.1 Å². The summed E-state index contributed by atoms with van der Waals surface area (Å²) in [6.45, 7) is 0. The number of methoxy groups -OCH3 is 1. The lowest BCUT2D eigenvalue weighted by Crippen LogP contribution is -2.17. The molecule has 0 saturated heterocycles. The summed E-state index contributed by atoms with van der Waals surface area (Å²) in [6.07, 6.45) is 0. The van der Waals surface area contributed by atoms with Crippen LogP contribution in [0.15, 0.2) is 33.9 Å². The Morgan fingerprint density at radius 1 is 1.50 bits per heavy atom. The highest BCUT2D eigenvalue weighted by molar-refractivity contribution is 6.44. The van der Waals surface area contributed by atoms with Crippen molar-refractivity contribution in [3.63, 3.8) is 0 Å². The van der Waals surface area contributed by atoms with Crippen LogP contribution in [0.3, 0.4) is 0 Å². The molecular weight excluding hydrogens is 212 g/mol. The van der Waals surface area contributed by atoms with Crippen LogP contribution < -0.4 is 0 Å². The van der Waals surface area contributed by atoms with Gasteiger partial charge in [0.05, 0.1) is 12.5 Å². The van der Waals surface area contributed by atoms with E-state index in [0.717, 1.165) is 0 Å². The summed E-state index contributed by atoms with van der Waals surface area (Å²) >= 11 is 0. The van der Waals surface area contributed by atoms with Gasteiger partial charge >= 0.3 is 5.97 Å². The number of esters is 1. The number of carbonyl (C=O) groups excluding carboxylic acids is 1. The highest BCUT2D eigenvalue weighted by Gasteiger charge is 2.22. The van der Waals surface area contributed by atoms with Crippen molar-refractivity contribution in [2.24, 2.45) is 5.16 Å². The standard InChI is InChI=1S/C10H8N2O4/c1-15-10(13)9(11-14)8-6-4-2-3-5-7(6)16-12-8/h2-5,14H,1H3/b11-9-. The Hall–Kier alpha value is -2.37. The Morgan fingerprint density at radius 3 is 2.94 bits per heavy atom. The molecule has 2 aromatic rings. The van der Waals surface area contributed by atoms with Crippen molar-refractivity contribution in [2.45, 2.75) is 0 Å². The molecule has 1 aromatic heterocycles. The number of benzene rings is 1. The number of oxime groups is 1. The molecule has 1 N–H and O–H groups in total. The van der Waals surface area contributed by atoms with Gasteiger partial charge in [-0.1, -0.05) is 22.4 Å². The van der Waals surface area contributed by atoms with E-state index >= 15 is 0 Å². The first-order chi connectivity index (χ1) is 7.77. The molecule has 0 atom stereocenters. The molecule has 0 fully saturated rings. The molecule has 2 rings (SSSR count). The SMILES string of the molecule is COC(=O)/C(=N\O)c1noc2ccccc12. The Kier molecular flexibility index (Phi) is 2.55. The fraction of sp³-hybridized carbons (Fsp3) is 0.100. The second-order valence-electron chi connectivity index (χ2n) is 2.97. The van der Waals surface area contributed by atoms with Crippen LogP contribution in [0.5, 0.6) is 0 Å². The molecule has 1 heterocycles. The molecule has 82 valence electrons. The molecule has 0 bridgehead atoms. The van der Waals surface area contributed by atoms with Gasteiger partial charge < -0.3 is 14.5 Å². The van der Waals surface area contributed by atoms with Gasteiger partial charge in [-0.3, -0.25) is 0 Å². The van der Waals surface area contributed by atoms with Crippen LogP contribution in [0.4, 0.5) is 0 Å². The number of fused-ring (bicyclic) bond motifs is 1. The zero-order valence-corrected chi connectivity index (χ0v) is 8.38. The van der Waals surface area contributed by atoms with Gasteiger partial charge in [0.1, 0.15) is 0 Å². The van der Waals surface area contributed by atoms with E-state index in [1.54, 1.807) is 24.3 Å². The van der Waals surface area contributed by atoms with Crippen molar-refractivity contribution in [1.82, 2.24) is 5.16 Å². The summed E-state index contributed by atoms with van der Waals surface area (Å²) in [5.41, 5.74) is 0.375. The van der Waals surface area contributed by atoms with Gasteiger partial charge in [-0.2, -0.15) is 0 Å². The van der Waals surface area contributed by atoms with E-state index in [-0.39, 0.29) is 11.4 Å². The third-order valence-corrected chi connectivity index (χ3v) is 2.08. The maximum atomic E-state index is 11.3. The van der Waals surface area contributed by atoms with Crippen LogP contribution in [0.2, 0.25) is 0 Å². The van der Waals surface area contributed by atoms with Crippen molar-refractivity contribution in [3.05, 3.63) is 30.0 Å². The Labute approximate surface area is 90.1 Å². The van der Waals surface area contributed by atoms with E-state index in [4.69, 9.17) is 9.73 Å². The molecule has 0 aliphatic carbocycles. The second-order valence-corrected chi connectivity index (χ2v) is 2.97. The summed E-state index contributed by atoms with van der Waals surface area (Å²) in [6, 6.07) is 6.92. The quantitative estimate of drug-likeness (QED) is 0.355. The predicted octanol–water partition coefficient (Wildman–Crippen LogP) is 1.18. The van der Waals surface area contributed by atoms with Gasteiger partial charge in [0.25, 0.3) is 0 Å². The smallest absolute Gasteiger partial charge is 0.362 e. The molecule has 6 heteroatoms. The number of ether oxygens (including phenoxy) is 1. The molecule has 0 radical (unpaired) electrons. The minimum Gasteiger partial charge on any atom is -0.464 e. The summed E-state index contributed by atoms with van der Waals surface area (Å²) in [7, 11) is 1.19. The summed E-state index contributed by atoms with van der Waals surface area (Å²) in [5.74, 6) is -0.776. The fourth-order valence-electron chi connectivity index (χ4n) is 1.34. The molecule has 0 saturated carbocycles. The summed E-state index contributed by atoms with van der Waals surface area (Å²) in [4.78, 5) is 11.3. The number of para-hydroxylation sites is 1. The third-order valence-electron chi connectivity index (χ3n) is 2.08. The Morgan fingerprint density at radius 2 is 2.25 bits per heavy atom. The van der Waals surface area contributed by atoms with Gasteiger partial charge in [0.15, 0.2) is 11.3 Å². The normalized spacial score (nSPS) is 11.7. The lowest BCUT2D eigenvalue weighted by atomic mass is 10.1. The monoisotopic (exact) mass is 220 g/mol. The highest BCUT2D eigenvalue weighted by atomic mass is 16.5. The van der Waals surface area contributed by atoms with Crippen molar-refractivity contribution in [3.8, 4) is 0 Å². The number of hydrogen-bond acceptors (Lipinski definition) is 6. The molecule has 1 aromatic carbocycles. The number of aromatic nitrogens is 1. The lowest BCUT2D eigenvalue weighted by molar-refractivity contribution is -0.132. The van der Waals surface area contributed by atoms with Crippen LogP contribution >= 0.6 is 0 Å². The Bertz CT molecular complexity index is 559. The average Bonchev–Trinajstić information content (AvgIpc) is 2.74. The van der Waals surface area contributed by atoms with Crippen molar-refractivity contribution in [1.29, 1.82) is 0 Å². The van der Waals surface area contributed by atoms with Crippen LogP contribution in [-0.4, -0.2) is 29.2 Å². The Balaban J connectivity index is 2.59. The average molecular weight is 220 g/mol. The van der Waals surface area contributed by atoms with E-state index < -0.39 is 5.97 Å². The first-order valence-corrected chi connectivity index (χ1v) is 4.43. The molecule has 0 amide bonds. The molecule has 0 aliphatic rings. The largest absolute Gasteiger partial charge is 0.464 e. The number of rotatable bonds is 2. The highest BCUT2D eigenvalue weighted by Crippen LogP contribution is 2.18. The van der Waals surface area contributed by atoms with Crippen LogP contribution in [-0.2, 0) is 9.53 Å². The predicted molar refractivity (Wildman–Crippen MR) is 54.3 cm³/mol. The molecule has 0 aliphatic heterocycles. The first-order valence-electron chi connectivity index (χ1n) is 4.43. The van der Waals surface area contributed by atoms with Gasteiger partial charge in [-0.25, -0.2) is 4.79 Å². The van der Waals surface area contributed by atoms with E-state index in [0.29, 0.717) is 11.0 Å². The zero-order chi connectivity index (χ0) is 11.5. The van der Waals surface area contributed by atoms with Crippen LogP contribution in [0.1, 0.15) is 5.69 Å². The first kappa shape index (κ1) is 10.2. The molecular formula is C10H8N2O4.